The van der Waals surface area contributed by atoms with E-state index < -0.39 is 16.1 Å². The van der Waals surface area contributed by atoms with Crippen molar-refractivity contribution in [2.24, 2.45) is 23.7 Å². The van der Waals surface area contributed by atoms with Crippen LogP contribution in [0.3, 0.4) is 0 Å². The van der Waals surface area contributed by atoms with E-state index in [0.29, 0.717) is 0 Å². The second-order valence-electron chi connectivity index (χ2n) is 10.9. The summed E-state index contributed by atoms with van der Waals surface area (Å²) in [6.07, 6.45) is 4.95. The van der Waals surface area contributed by atoms with Crippen LogP contribution in [0.2, 0.25) is 35.3 Å². The Balaban J connectivity index is 1.15. The van der Waals surface area contributed by atoms with Gasteiger partial charge in [-0.25, -0.2) is 0 Å². The average Bonchev–Trinajstić information content (AvgIpc) is 3.14. The minimum atomic E-state index is -1.27. The molecule has 0 spiro atoms. The van der Waals surface area contributed by atoms with E-state index in [1.165, 1.54) is 20.1 Å². The highest BCUT2D eigenvalue weighted by Crippen LogP contribution is 3.00. The Bertz CT molecular complexity index is 969. The molecule has 2 aromatic carbocycles. The molecule has 4 saturated heterocycles. The third-order valence-electron chi connectivity index (χ3n) is 10.1. The Hall–Kier alpha value is -0.686. The van der Waals surface area contributed by atoms with Crippen LogP contribution in [0.15, 0.2) is 68.9 Å². The zero-order chi connectivity index (χ0) is 20.4. The molecule has 4 aliphatic heterocycles. The van der Waals surface area contributed by atoms with Gasteiger partial charge in [0.2, 0.25) is 0 Å². The monoisotopic (exact) mass is 552 g/mol. The van der Waals surface area contributed by atoms with Crippen LogP contribution in [0.1, 0.15) is 11.1 Å². The number of rotatable bonds is 4. The van der Waals surface area contributed by atoms with Crippen molar-refractivity contribution in [3.63, 3.8) is 0 Å². The Morgan fingerprint density at radius 2 is 0.867 bits per heavy atom. The maximum atomic E-state index is 3.56. The van der Waals surface area contributed by atoms with E-state index in [2.05, 4.69) is 117 Å². The highest BCUT2D eigenvalue weighted by molar-refractivity contribution is 9.10. The lowest BCUT2D eigenvalue weighted by atomic mass is 9.45. The molecule has 30 heavy (non-hydrogen) atoms. The fourth-order valence-corrected chi connectivity index (χ4v) is 23.7. The third-order valence-corrected chi connectivity index (χ3v) is 21.7. The van der Waals surface area contributed by atoms with Gasteiger partial charge < -0.3 is 0 Å². The first-order valence-electron chi connectivity index (χ1n) is 11.3. The zero-order valence-corrected chi connectivity index (χ0v) is 22.5. The maximum absolute atomic E-state index is 3.56. The highest BCUT2D eigenvalue weighted by atomic mass is 79.9. The predicted octanol–water partition coefficient (Wildman–Crippen LogP) is 8.19. The number of hydrogen-bond acceptors (Lipinski definition) is 0. The Morgan fingerprint density at radius 3 is 1.17 bits per heavy atom. The summed E-state index contributed by atoms with van der Waals surface area (Å²) in [7, 11) is -2.54. The van der Waals surface area contributed by atoms with E-state index in [9.17, 15) is 0 Å². The highest BCUT2D eigenvalue weighted by Gasteiger charge is 2.94. The van der Waals surface area contributed by atoms with Crippen LogP contribution < -0.4 is 0 Å². The predicted molar refractivity (Wildman–Crippen MR) is 139 cm³/mol. The second kappa shape index (κ2) is 6.00. The fraction of sp³-hybridized carbons (Fsp3) is 0.385. The molecule has 4 heterocycles. The van der Waals surface area contributed by atoms with Crippen LogP contribution in [0.4, 0.5) is 0 Å². The van der Waals surface area contributed by atoms with Crippen LogP contribution in [-0.2, 0) is 0 Å². The minimum absolute atomic E-state index is 1.10. The summed E-state index contributed by atoms with van der Waals surface area (Å²) in [5.74, 6) is 4.42. The van der Waals surface area contributed by atoms with Gasteiger partial charge in [-0.15, -0.1) is 0 Å². The van der Waals surface area contributed by atoms with Gasteiger partial charge in [-0.1, -0.05) is 92.8 Å². The maximum Gasteiger partial charge on any atom is 0.0820 e. The molecule has 0 atom stereocenters. The van der Waals surface area contributed by atoms with Crippen LogP contribution >= 0.6 is 31.9 Å². The molecule has 2 aliphatic carbocycles. The summed E-state index contributed by atoms with van der Waals surface area (Å²) in [5.41, 5.74) is 12.7. The zero-order valence-electron chi connectivity index (χ0n) is 17.3. The van der Waals surface area contributed by atoms with Gasteiger partial charge in [0, 0.05) is 8.95 Å². The molecule has 0 nitrogen and oxygen atoms in total. The van der Waals surface area contributed by atoms with E-state index in [4.69, 9.17) is 0 Å². The normalized spacial score (nSPS) is 48.7. The second-order valence-corrected chi connectivity index (χ2v) is 21.5. The van der Waals surface area contributed by atoms with Gasteiger partial charge in [-0.05, 0) is 81.2 Å². The first kappa shape index (κ1) is 18.8. The van der Waals surface area contributed by atoms with Gasteiger partial charge >= 0.3 is 0 Å². The molecule has 0 radical (unpaired) electrons. The van der Waals surface area contributed by atoms with E-state index in [1.807, 2.05) is 0 Å². The van der Waals surface area contributed by atoms with Crippen LogP contribution in [0.25, 0.3) is 12.2 Å². The lowest BCUT2D eigenvalue weighted by molar-refractivity contribution is -0.0323. The Kier molecular flexibility index (Phi) is 3.77. The Labute approximate surface area is 198 Å². The first-order chi connectivity index (χ1) is 14.4. The smallest absolute Gasteiger partial charge is 0.0820 e. The molecule has 8 rings (SSSR count). The molecule has 4 heteroatoms. The lowest BCUT2D eigenvalue weighted by Crippen LogP contribution is -2.48. The van der Waals surface area contributed by atoms with Crippen molar-refractivity contribution < 1.29 is 0 Å². The molecular weight excluding hydrogens is 528 g/mol. The summed E-state index contributed by atoms with van der Waals surface area (Å²) in [4.78, 5) is 0. The minimum Gasteiger partial charge on any atom is -0.0933 e. The summed E-state index contributed by atoms with van der Waals surface area (Å²) < 4.78 is 2.35. The molecule has 152 valence electrons. The lowest BCUT2D eigenvalue weighted by Gasteiger charge is -2.60. The third kappa shape index (κ3) is 2.08. The van der Waals surface area contributed by atoms with Crippen molar-refractivity contribution >= 4 is 60.2 Å². The largest absolute Gasteiger partial charge is 0.0933 e. The quantitative estimate of drug-likeness (QED) is 0.335. The summed E-state index contributed by atoms with van der Waals surface area (Å²) in [6, 6.07) is 17.7. The van der Waals surface area contributed by atoms with Crippen molar-refractivity contribution in [3.8, 4) is 0 Å². The molecule has 0 amide bonds. The molecule has 6 fully saturated rings. The fourth-order valence-electron chi connectivity index (χ4n) is 9.45. The molecule has 2 aromatic rings. The average molecular weight is 554 g/mol. The van der Waals surface area contributed by atoms with Gasteiger partial charge in [0.1, 0.15) is 0 Å². The molecule has 0 unspecified atom stereocenters. The molecule has 4 bridgehead atoms. The molecule has 0 N–H and O–H groups in total. The van der Waals surface area contributed by atoms with E-state index in [1.54, 1.807) is 0 Å². The molecular formula is C26H26Br2Si2. The standard InChI is InChI=1S/C26H26Br2Si2/c1-29(13-11-15-3-7-17(27)8-4-15)23-19-20-24(29)22-21(23)25(19)30(2,26(20)22)14-12-16-5-9-18(28)10-6-16/h3-14,19-26H,1-2H3/b13-11+,14-12+. The van der Waals surface area contributed by atoms with Gasteiger partial charge in [0.15, 0.2) is 0 Å². The van der Waals surface area contributed by atoms with Gasteiger partial charge in [-0.2, -0.15) is 0 Å². The van der Waals surface area contributed by atoms with Crippen molar-refractivity contribution in [2.45, 2.75) is 35.3 Å². The van der Waals surface area contributed by atoms with Crippen LogP contribution in [-0.4, -0.2) is 16.1 Å². The first-order valence-corrected chi connectivity index (χ1v) is 18.4. The van der Waals surface area contributed by atoms with Crippen molar-refractivity contribution in [1.29, 1.82) is 0 Å². The number of halogens is 2. The van der Waals surface area contributed by atoms with Crippen LogP contribution in [0, 0.1) is 23.7 Å². The van der Waals surface area contributed by atoms with Crippen molar-refractivity contribution in [2.75, 3.05) is 0 Å². The number of benzene rings is 2. The number of hydrogen-bond donors (Lipinski definition) is 0. The van der Waals surface area contributed by atoms with E-state index in [0.717, 1.165) is 45.8 Å². The van der Waals surface area contributed by atoms with E-state index in [-0.39, 0.29) is 0 Å². The molecule has 0 aromatic heterocycles. The summed E-state index contributed by atoms with van der Waals surface area (Å²) in [6.45, 7) is 5.48. The van der Waals surface area contributed by atoms with Gasteiger partial charge in [0.25, 0.3) is 0 Å². The van der Waals surface area contributed by atoms with Gasteiger partial charge in [0.05, 0.1) is 16.1 Å². The van der Waals surface area contributed by atoms with Crippen LogP contribution in [0.5, 0.6) is 0 Å². The van der Waals surface area contributed by atoms with Gasteiger partial charge in [-0.3, -0.25) is 0 Å². The molecule has 2 saturated carbocycles. The summed E-state index contributed by atoms with van der Waals surface area (Å²) in [5, 5.41) is 0. The summed E-state index contributed by atoms with van der Waals surface area (Å²) >= 11 is 7.13. The Morgan fingerprint density at radius 1 is 0.567 bits per heavy atom. The van der Waals surface area contributed by atoms with Crippen molar-refractivity contribution in [3.05, 3.63) is 80.0 Å². The van der Waals surface area contributed by atoms with E-state index >= 15 is 0 Å². The molecule has 6 aliphatic rings. The van der Waals surface area contributed by atoms with Crippen molar-refractivity contribution in [1.82, 2.24) is 0 Å². The topological polar surface area (TPSA) is 0 Å². The SMILES string of the molecule is C[Si]1(/C=C/c2ccc(Br)cc2)C2C3C4C1C1C2C3[Si](C)(/C=C/c2ccc(Br)cc2)C41.